The standard InChI is InChI=1S/C9H20N2O2S/c1-8(2)11(7-3-6-10)14(12,13)9-4-5-9/h8-9H,3-7,10H2,1-2H3. The molecule has 0 heterocycles. The van der Waals surface area contributed by atoms with Crippen molar-refractivity contribution in [3.8, 4) is 0 Å². The Morgan fingerprint density at radius 2 is 2.00 bits per heavy atom. The molecule has 84 valence electrons. The molecule has 1 aliphatic rings. The molecule has 1 saturated carbocycles. The first-order valence-electron chi connectivity index (χ1n) is 5.21. The Morgan fingerprint density at radius 1 is 1.43 bits per heavy atom. The molecule has 0 bridgehead atoms. The zero-order chi connectivity index (χ0) is 10.8. The third-order valence-corrected chi connectivity index (χ3v) is 5.00. The van der Waals surface area contributed by atoms with Gasteiger partial charge in [0.05, 0.1) is 5.25 Å². The zero-order valence-electron chi connectivity index (χ0n) is 8.94. The predicted octanol–water partition coefficient (Wildman–Crippen LogP) is 0.538. The monoisotopic (exact) mass is 220 g/mol. The molecule has 14 heavy (non-hydrogen) atoms. The third-order valence-electron chi connectivity index (χ3n) is 2.43. The number of hydrogen-bond acceptors (Lipinski definition) is 3. The highest BCUT2D eigenvalue weighted by Gasteiger charge is 2.40. The number of nitrogens with zero attached hydrogens (tertiary/aromatic N) is 1. The molecule has 0 aromatic carbocycles. The molecule has 0 spiro atoms. The Balaban J connectivity index is 2.66. The number of sulfonamides is 1. The van der Waals surface area contributed by atoms with Crippen molar-refractivity contribution in [2.24, 2.45) is 5.73 Å². The summed E-state index contributed by atoms with van der Waals surface area (Å²) in [4.78, 5) is 0. The molecule has 0 saturated heterocycles. The van der Waals surface area contributed by atoms with E-state index < -0.39 is 10.0 Å². The van der Waals surface area contributed by atoms with E-state index in [9.17, 15) is 8.42 Å². The van der Waals surface area contributed by atoms with Crippen LogP contribution in [0.3, 0.4) is 0 Å². The summed E-state index contributed by atoms with van der Waals surface area (Å²) >= 11 is 0. The first kappa shape index (κ1) is 11.9. The zero-order valence-corrected chi connectivity index (χ0v) is 9.76. The van der Waals surface area contributed by atoms with Crippen LogP contribution in [0.2, 0.25) is 0 Å². The summed E-state index contributed by atoms with van der Waals surface area (Å²) in [5, 5.41) is -0.109. The Morgan fingerprint density at radius 3 is 2.36 bits per heavy atom. The van der Waals surface area contributed by atoms with Gasteiger partial charge in [0, 0.05) is 12.6 Å². The minimum atomic E-state index is -3.02. The van der Waals surface area contributed by atoms with Crippen molar-refractivity contribution < 1.29 is 8.42 Å². The molecule has 0 amide bonds. The van der Waals surface area contributed by atoms with E-state index in [0.29, 0.717) is 13.1 Å². The van der Waals surface area contributed by atoms with E-state index in [1.165, 1.54) is 0 Å². The number of hydrogen-bond donors (Lipinski definition) is 1. The molecule has 2 N–H and O–H groups in total. The summed E-state index contributed by atoms with van der Waals surface area (Å²) in [5.74, 6) is 0. The molecule has 0 radical (unpaired) electrons. The molecule has 0 aromatic heterocycles. The lowest BCUT2D eigenvalue weighted by Gasteiger charge is -2.25. The maximum Gasteiger partial charge on any atom is 0.217 e. The second-order valence-electron chi connectivity index (χ2n) is 4.09. The van der Waals surface area contributed by atoms with Crippen LogP contribution in [-0.4, -0.2) is 37.1 Å². The SMILES string of the molecule is CC(C)N(CCCN)S(=O)(=O)C1CC1. The highest BCUT2D eigenvalue weighted by molar-refractivity contribution is 7.90. The largest absolute Gasteiger partial charge is 0.330 e. The van der Waals surface area contributed by atoms with Crippen LogP contribution in [0, 0.1) is 0 Å². The van der Waals surface area contributed by atoms with Crippen molar-refractivity contribution in [2.75, 3.05) is 13.1 Å². The van der Waals surface area contributed by atoms with Gasteiger partial charge in [0.1, 0.15) is 0 Å². The van der Waals surface area contributed by atoms with Gasteiger partial charge in [-0.25, -0.2) is 8.42 Å². The molecule has 0 atom stereocenters. The van der Waals surface area contributed by atoms with E-state index in [4.69, 9.17) is 5.73 Å². The van der Waals surface area contributed by atoms with Crippen molar-refractivity contribution in [1.82, 2.24) is 4.31 Å². The predicted molar refractivity (Wildman–Crippen MR) is 57.5 cm³/mol. The van der Waals surface area contributed by atoms with Crippen molar-refractivity contribution in [3.63, 3.8) is 0 Å². The van der Waals surface area contributed by atoms with Gasteiger partial charge < -0.3 is 5.73 Å². The average molecular weight is 220 g/mol. The maximum atomic E-state index is 11.9. The second-order valence-corrected chi connectivity index (χ2v) is 6.26. The van der Waals surface area contributed by atoms with Gasteiger partial charge in [0.15, 0.2) is 0 Å². The van der Waals surface area contributed by atoms with Gasteiger partial charge in [-0.3, -0.25) is 0 Å². The Labute approximate surface area is 86.5 Å². The van der Waals surface area contributed by atoms with Crippen LogP contribution in [0.4, 0.5) is 0 Å². The van der Waals surface area contributed by atoms with E-state index in [-0.39, 0.29) is 11.3 Å². The Bertz CT molecular complexity index is 271. The first-order chi connectivity index (χ1) is 6.50. The quantitative estimate of drug-likeness (QED) is 0.710. The smallest absolute Gasteiger partial charge is 0.217 e. The summed E-state index contributed by atoms with van der Waals surface area (Å²) < 4.78 is 25.4. The third kappa shape index (κ3) is 2.68. The molecule has 0 aliphatic heterocycles. The topological polar surface area (TPSA) is 63.4 Å². The van der Waals surface area contributed by atoms with Crippen LogP contribution in [0.1, 0.15) is 33.1 Å². The summed E-state index contributed by atoms with van der Waals surface area (Å²) in [6.45, 7) is 4.93. The van der Waals surface area contributed by atoms with Crippen LogP contribution < -0.4 is 5.73 Å². The van der Waals surface area contributed by atoms with Crippen LogP contribution >= 0.6 is 0 Å². The van der Waals surface area contributed by atoms with E-state index in [1.54, 1.807) is 4.31 Å². The molecule has 0 aromatic rings. The average Bonchev–Trinajstić information content (AvgIpc) is 2.85. The number of nitrogens with two attached hydrogens (primary N) is 1. The number of rotatable bonds is 6. The van der Waals surface area contributed by atoms with Gasteiger partial charge in [-0.05, 0) is 39.7 Å². The van der Waals surface area contributed by atoms with Crippen LogP contribution in [0.5, 0.6) is 0 Å². The van der Waals surface area contributed by atoms with Gasteiger partial charge in [-0.1, -0.05) is 0 Å². The summed E-state index contributed by atoms with van der Waals surface area (Å²) in [6.07, 6.45) is 2.40. The van der Waals surface area contributed by atoms with Gasteiger partial charge in [-0.2, -0.15) is 4.31 Å². The normalized spacial score (nSPS) is 18.1. The van der Waals surface area contributed by atoms with Gasteiger partial charge >= 0.3 is 0 Å². The van der Waals surface area contributed by atoms with E-state index in [2.05, 4.69) is 0 Å². The van der Waals surface area contributed by atoms with Crippen molar-refractivity contribution in [3.05, 3.63) is 0 Å². The Hall–Kier alpha value is -0.130. The molecule has 1 fully saturated rings. The van der Waals surface area contributed by atoms with Gasteiger partial charge in [0.25, 0.3) is 0 Å². The summed E-state index contributed by atoms with van der Waals surface area (Å²) in [7, 11) is -3.02. The van der Waals surface area contributed by atoms with Crippen molar-refractivity contribution >= 4 is 10.0 Å². The lowest BCUT2D eigenvalue weighted by Crippen LogP contribution is -2.40. The van der Waals surface area contributed by atoms with E-state index in [1.807, 2.05) is 13.8 Å². The lowest BCUT2D eigenvalue weighted by molar-refractivity contribution is 0.350. The van der Waals surface area contributed by atoms with Gasteiger partial charge in [0.2, 0.25) is 10.0 Å². The van der Waals surface area contributed by atoms with E-state index >= 15 is 0 Å². The molecular formula is C9H20N2O2S. The molecule has 0 unspecified atom stereocenters. The fourth-order valence-corrected chi connectivity index (χ4v) is 3.57. The van der Waals surface area contributed by atoms with Crippen molar-refractivity contribution in [1.29, 1.82) is 0 Å². The highest BCUT2D eigenvalue weighted by atomic mass is 32.2. The van der Waals surface area contributed by atoms with E-state index in [0.717, 1.165) is 19.3 Å². The maximum absolute atomic E-state index is 11.9. The molecule has 1 rings (SSSR count). The summed E-state index contributed by atoms with van der Waals surface area (Å²) in [5.41, 5.74) is 5.39. The van der Waals surface area contributed by atoms with Crippen LogP contribution in [0.15, 0.2) is 0 Å². The highest BCUT2D eigenvalue weighted by Crippen LogP contribution is 2.31. The Kier molecular flexibility index (Phi) is 3.92. The van der Waals surface area contributed by atoms with Crippen LogP contribution in [-0.2, 0) is 10.0 Å². The molecular weight excluding hydrogens is 200 g/mol. The minimum Gasteiger partial charge on any atom is -0.330 e. The second kappa shape index (κ2) is 4.59. The molecule has 5 heteroatoms. The van der Waals surface area contributed by atoms with Crippen LogP contribution in [0.25, 0.3) is 0 Å². The summed E-state index contributed by atoms with van der Waals surface area (Å²) in [6, 6.07) is 0.0483. The fourth-order valence-electron chi connectivity index (χ4n) is 1.48. The first-order valence-corrected chi connectivity index (χ1v) is 6.71. The van der Waals surface area contributed by atoms with Gasteiger partial charge in [-0.15, -0.1) is 0 Å². The lowest BCUT2D eigenvalue weighted by atomic mass is 10.3. The minimum absolute atomic E-state index is 0.0483. The van der Waals surface area contributed by atoms with Crippen molar-refractivity contribution in [2.45, 2.75) is 44.4 Å². The molecule has 1 aliphatic carbocycles. The molecule has 4 nitrogen and oxygen atoms in total. The fraction of sp³-hybridized carbons (Fsp3) is 1.00.